The SMILES string of the molecule is CNC(C)C(=O)Nc1ccc(-c2c(C)nc3ccccn23)c(C#Cc2ccc(O)c(N(C)C)c2)n1. The molecule has 8 nitrogen and oxygen atoms in total. The number of nitrogens with one attached hydrogen (secondary N) is 2. The normalized spacial score (nSPS) is 11.6. The second-order valence-electron chi connectivity index (χ2n) is 8.41. The molecule has 0 spiro atoms. The number of aromatic hydroxyl groups is 1. The first-order valence-electron chi connectivity index (χ1n) is 11.2. The molecule has 3 heterocycles. The molecule has 4 aromatic rings. The summed E-state index contributed by atoms with van der Waals surface area (Å²) >= 11 is 0. The molecule has 0 saturated heterocycles. The van der Waals surface area contributed by atoms with E-state index in [0.717, 1.165) is 28.2 Å². The number of fused-ring (bicyclic) bond motifs is 1. The van der Waals surface area contributed by atoms with Crippen molar-refractivity contribution < 1.29 is 9.90 Å². The van der Waals surface area contributed by atoms with Crippen molar-refractivity contribution in [2.45, 2.75) is 19.9 Å². The van der Waals surface area contributed by atoms with E-state index in [0.29, 0.717) is 17.2 Å². The summed E-state index contributed by atoms with van der Waals surface area (Å²) in [7, 11) is 5.44. The van der Waals surface area contributed by atoms with Crippen molar-refractivity contribution in [3.63, 3.8) is 0 Å². The van der Waals surface area contributed by atoms with Crippen molar-refractivity contribution >= 4 is 23.1 Å². The second kappa shape index (κ2) is 9.87. The van der Waals surface area contributed by atoms with Crippen LogP contribution in [0.25, 0.3) is 16.9 Å². The van der Waals surface area contributed by atoms with Crippen LogP contribution in [0.5, 0.6) is 5.75 Å². The van der Waals surface area contributed by atoms with Crippen LogP contribution >= 0.6 is 0 Å². The third-order valence-electron chi connectivity index (χ3n) is 5.71. The van der Waals surface area contributed by atoms with Gasteiger partial charge in [-0.2, -0.15) is 0 Å². The molecule has 0 radical (unpaired) electrons. The van der Waals surface area contributed by atoms with Crippen molar-refractivity contribution in [1.82, 2.24) is 19.7 Å². The minimum Gasteiger partial charge on any atom is -0.506 e. The topological polar surface area (TPSA) is 94.8 Å². The maximum absolute atomic E-state index is 12.4. The zero-order chi connectivity index (χ0) is 25.1. The van der Waals surface area contributed by atoms with E-state index in [4.69, 9.17) is 0 Å². The number of aryl methyl sites for hydroxylation is 1. The summed E-state index contributed by atoms with van der Waals surface area (Å²) in [5.41, 5.74) is 5.28. The van der Waals surface area contributed by atoms with Gasteiger partial charge in [-0.15, -0.1) is 0 Å². The molecule has 1 amide bonds. The lowest BCUT2D eigenvalue weighted by Gasteiger charge is -2.14. The Bertz CT molecular complexity index is 1460. The molecule has 0 saturated carbocycles. The van der Waals surface area contributed by atoms with Crippen molar-refractivity contribution in [3.8, 4) is 28.8 Å². The van der Waals surface area contributed by atoms with E-state index in [1.807, 2.05) is 66.8 Å². The predicted octanol–water partition coefficient (Wildman–Crippen LogP) is 3.42. The summed E-state index contributed by atoms with van der Waals surface area (Å²) in [4.78, 5) is 23.6. The summed E-state index contributed by atoms with van der Waals surface area (Å²) in [6.45, 7) is 3.73. The number of aromatic nitrogens is 3. The quantitative estimate of drug-likeness (QED) is 0.389. The first kappa shape index (κ1) is 23.8. The van der Waals surface area contributed by atoms with Gasteiger partial charge >= 0.3 is 0 Å². The molecule has 3 N–H and O–H groups in total. The Hall–Kier alpha value is -4.35. The van der Waals surface area contributed by atoms with Crippen LogP contribution in [0.2, 0.25) is 0 Å². The van der Waals surface area contributed by atoms with E-state index in [9.17, 15) is 9.90 Å². The first-order valence-corrected chi connectivity index (χ1v) is 11.2. The highest BCUT2D eigenvalue weighted by atomic mass is 16.3. The Labute approximate surface area is 204 Å². The summed E-state index contributed by atoms with van der Waals surface area (Å²) in [6.07, 6.45) is 1.95. The Morgan fingerprint density at radius 1 is 1.11 bits per heavy atom. The molecule has 0 fully saturated rings. The van der Waals surface area contributed by atoms with E-state index in [1.165, 1.54) is 0 Å². The maximum atomic E-state index is 12.4. The molecule has 1 unspecified atom stereocenters. The molecular weight excluding hydrogens is 440 g/mol. The van der Waals surface area contributed by atoms with Gasteiger partial charge in [0.25, 0.3) is 0 Å². The van der Waals surface area contributed by atoms with Gasteiger partial charge in [0.1, 0.15) is 22.9 Å². The van der Waals surface area contributed by atoms with Crippen molar-refractivity contribution in [2.24, 2.45) is 0 Å². The number of rotatable bonds is 5. The number of pyridine rings is 2. The highest BCUT2D eigenvalue weighted by molar-refractivity contribution is 5.94. The molecule has 0 aliphatic rings. The zero-order valence-electron chi connectivity index (χ0n) is 20.4. The average molecular weight is 469 g/mol. The van der Waals surface area contributed by atoms with Gasteiger partial charge in [-0.3, -0.25) is 9.20 Å². The average Bonchev–Trinajstić information content (AvgIpc) is 3.18. The van der Waals surface area contributed by atoms with Crippen LogP contribution in [0.1, 0.15) is 23.9 Å². The summed E-state index contributed by atoms with van der Waals surface area (Å²) < 4.78 is 2.00. The number of benzene rings is 1. The fourth-order valence-electron chi connectivity index (χ4n) is 3.71. The van der Waals surface area contributed by atoms with E-state index in [2.05, 4.69) is 32.4 Å². The largest absolute Gasteiger partial charge is 0.506 e. The van der Waals surface area contributed by atoms with Gasteiger partial charge in [0, 0.05) is 31.4 Å². The molecule has 0 bridgehead atoms. The van der Waals surface area contributed by atoms with E-state index in [-0.39, 0.29) is 17.7 Å². The van der Waals surface area contributed by atoms with Crippen molar-refractivity contribution in [3.05, 3.63) is 71.7 Å². The second-order valence-corrected chi connectivity index (χ2v) is 8.41. The Balaban J connectivity index is 1.84. The highest BCUT2D eigenvalue weighted by Crippen LogP contribution is 2.29. The number of hydrogen-bond donors (Lipinski definition) is 3. The van der Waals surface area contributed by atoms with Crippen LogP contribution in [-0.4, -0.2) is 52.6 Å². The summed E-state index contributed by atoms with van der Waals surface area (Å²) in [5.74, 6) is 6.76. The van der Waals surface area contributed by atoms with Gasteiger partial charge < -0.3 is 20.6 Å². The third-order valence-corrected chi connectivity index (χ3v) is 5.71. The fourth-order valence-corrected chi connectivity index (χ4v) is 3.71. The lowest BCUT2D eigenvalue weighted by atomic mass is 10.1. The number of carbonyl (C=O) groups is 1. The number of phenolic OH excluding ortho intramolecular Hbond substituents is 1. The van der Waals surface area contributed by atoms with Gasteiger partial charge in [-0.1, -0.05) is 12.0 Å². The number of phenols is 1. The first-order chi connectivity index (χ1) is 16.8. The molecular formula is C27H28N6O2. The standard InChI is InChI=1S/C27H28N6O2/c1-17-26(33-15-7-6-8-25(33)29-17)20-11-14-24(31-27(35)18(2)28-3)30-21(20)12-9-19-10-13-23(34)22(16-19)32(4)5/h6-8,10-11,13-16,18,28,34H,1-5H3,(H,30,31,35). The number of hydrogen-bond acceptors (Lipinski definition) is 6. The predicted molar refractivity (Wildman–Crippen MR) is 139 cm³/mol. The van der Waals surface area contributed by atoms with Crippen LogP contribution in [0.3, 0.4) is 0 Å². The van der Waals surface area contributed by atoms with Gasteiger partial charge in [0.05, 0.1) is 23.1 Å². The van der Waals surface area contributed by atoms with Crippen LogP contribution in [-0.2, 0) is 4.79 Å². The Kier molecular flexibility index (Phi) is 6.71. The molecule has 1 atom stereocenters. The number of nitrogens with zero attached hydrogens (tertiary/aromatic N) is 4. The number of amides is 1. The molecule has 1 aromatic carbocycles. The van der Waals surface area contributed by atoms with Crippen LogP contribution < -0.4 is 15.5 Å². The smallest absolute Gasteiger partial charge is 0.242 e. The van der Waals surface area contributed by atoms with Crippen molar-refractivity contribution in [2.75, 3.05) is 31.4 Å². The van der Waals surface area contributed by atoms with Gasteiger partial charge in [0.15, 0.2) is 0 Å². The van der Waals surface area contributed by atoms with Crippen LogP contribution in [0.15, 0.2) is 54.7 Å². The minimum atomic E-state index is -0.367. The number of carbonyl (C=O) groups excluding carboxylic acids is 1. The van der Waals surface area contributed by atoms with E-state index in [1.54, 1.807) is 32.2 Å². The molecule has 35 heavy (non-hydrogen) atoms. The third kappa shape index (κ3) is 4.95. The summed E-state index contributed by atoms with van der Waals surface area (Å²) in [5, 5.41) is 15.9. The molecule has 178 valence electrons. The van der Waals surface area contributed by atoms with E-state index < -0.39 is 0 Å². The minimum absolute atomic E-state index is 0.184. The number of anilines is 2. The van der Waals surface area contributed by atoms with Crippen molar-refractivity contribution in [1.29, 1.82) is 0 Å². The van der Waals surface area contributed by atoms with Gasteiger partial charge in [-0.05, 0) is 69.3 Å². The lowest BCUT2D eigenvalue weighted by Crippen LogP contribution is -2.35. The monoisotopic (exact) mass is 468 g/mol. The Morgan fingerprint density at radius 3 is 2.66 bits per heavy atom. The zero-order valence-corrected chi connectivity index (χ0v) is 20.4. The van der Waals surface area contributed by atoms with Gasteiger partial charge in [-0.25, -0.2) is 9.97 Å². The van der Waals surface area contributed by atoms with E-state index >= 15 is 0 Å². The van der Waals surface area contributed by atoms with Gasteiger partial charge in [0.2, 0.25) is 5.91 Å². The fraction of sp³-hybridized carbons (Fsp3) is 0.222. The number of imidazole rings is 1. The molecule has 0 aliphatic carbocycles. The van der Waals surface area contributed by atoms with Crippen LogP contribution in [0.4, 0.5) is 11.5 Å². The highest BCUT2D eigenvalue weighted by Gasteiger charge is 2.17. The summed E-state index contributed by atoms with van der Waals surface area (Å²) in [6, 6.07) is 14.3. The molecule has 8 heteroatoms. The molecule has 4 rings (SSSR count). The lowest BCUT2D eigenvalue weighted by molar-refractivity contribution is -0.117. The number of likely N-dealkylation sites (N-methyl/N-ethyl adjacent to an activating group) is 1. The Morgan fingerprint density at radius 2 is 1.91 bits per heavy atom. The molecule has 0 aliphatic heterocycles. The van der Waals surface area contributed by atoms with Crippen LogP contribution in [0, 0.1) is 18.8 Å². The maximum Gasteiger partial charge on any atom is 0.242 e. The molecule has 3 aromatic heterocycles.